The second-order valence-electron chi connectivity index (χ2n) is 6.46. The highest BCUT2D eigenvalue weighted by Crippen LogP contribution is 2.24. The minimum atomic E-state index is -3.90. The molecule has 8 heteroatoms. The summed E-state index contributed by atoms with van der Waals surface area (Å²) in [5.74, 6) is 0.0346. The van der Waals surface area contributed by atoms with Gasteiger partial charge < -0.3 is 10.1 Å². The van der Waals surface area contributed by atoms with Crippen molar-refractivity contribution in [1.82, 2.24) is 4.31 Å². The van der Waals surface area contributed by atoms with Crippen LogP contribution in [0.2, 0.25) is 0 Å². The van der Waals surface area contributed by atoms with Gasteiger partial charge in [0.05, 0.1) is 24.2 Å². The lowest BCUT2D eigenvalue weighted by atomic mass is 10.2. The molecule has 3 aromatic carbocycles. The summed E-state index contributed by atoms with van der Waals surface area (Å²) >= 11 is 3.31. The Morgan fingerprint density at radius 1 is 0.967 bits per heavy atom. The molecule has 0 radical (unpaired) electrons. The molecule has 0 aliphatic heterocycles. The fourth-order valence-electron chi connectivity index (χ4n) is 2.87. The van der Waals surface area contributed by atoms with Crippen LogP contribution in [-0.4, -0.2) is 32.3 Å². The maximum Gasteiger partial charge on any atom is 0.243 e. The molecular weight excluding hydrogens is 468 g/mol. The van der Waals surface area contributed by atoms with Crippen molar-refractivity contribution in [2.75, 3.05) is 19.0 Å². The maximum absolute atomic E-state index is 13.3. The molecule has 0 saturated heterocycles. The molecule has 1 amide bonds. The number of amides is 1. The molecule has 0 aliphatic rings. The maximum atomic E-state index is 13.3. The first-order valence-corrected chi connectivity index (χ1v) is 11.4. The van der Waals surface area contributed by atoms with Crippen molar-refractivity contribution in [2.24, 2.45) is 0 Å². The number of para-hydroxylation sites is 2. The Morgan fingerprint density at radius 2 is 1.60 bits per heavy atom. The van der Waals surface area contributed by atoms with Crippen LogP contribution >= 0.6 is 15.9 Å². The van der Waals surface area contributed by atoms with Gasteiger partial charge in [-0.1, -0.05) is 58.4 Å². The predicted molar refractivity (Wildman–Crippen MR) is 120 cm³/mol. The smallest absolute Gasteiger partial charge is 0.243 e. The fourth-order valence-corrected chi connectivity index (χ4v) is 4.52. The van der Waals surface area contributed by atoms with Crippen LogP contribution in [0.1, 0.15) is 5.56 Å². The first kappa shape index (κ1) is 22.0. The van der Waals surface area contributed by atoms with Crippen LogP contribution in [0, 0.1) is 0 Å². The molecule has 156 valence electrons. The number of anilines is 1. The van der Waals surface area contributed by atoms with E-state index in [1.54, 1.807) is 36.4 Å². The Labute approximate surface area is 184 Å². The molecule has 0 saturated carbocycles. The first-order chi connectivity index (χ1) is 14.4. The molecule has 0 spiro atoms. The average Bonchev–Trinajstić information content (AvgIpc) is 2.74. The number of rotatable bonds is 8. The van der Waals surface area contributed by atoms with Crippen LogP contribution in [-0.2, 0) is 21.4 Å². The van der Waals surface area contributed by atoms with E-state index < -0.39 is 15.9 Å². The molecule has 6 nitrogen and oxygen atoms in total. The van der Waals surface area contributed by atoms with Gasteiger partial charge in [-0.3, -0.25) is 4.79 Å². The molecule has 0 aromatic heterocycles. The van der Waals surface area contributed by atoms with Gasteiger partial charge in [0, 0.05) is 11.0 Å². The number of sulfonamides is 1. The average molecular weight is 489 g/mol. The summed E-state index contributed by atoms with van der Waals surface area (Å²) in [6.45, 7) is -0.274. The summed E-state index contributed by atoms with van der Waals surface area (Å²) in [4.78, 5) is 12.9. The number of carbonyl (C=O) groups excluding carboxylic acids is 1. The third-order valence-corrected chi connectivity index (χ3v) is 6.69. The van der Waals surface area contributed by atoms with E-state index in [4.69, 9.17) is 4.74 Å². The lowest BCUT2D eigenvalue weighted by Crippen LogP contribution is -2.37. The van der Waals surface area contributed by atoms with Crippen LogP contribution in [0.4, 0.5) is 5.69 Å². The zero-order valence-electron chi connectivity index (χ0n) is 16.3. The van der Waals surface area contributed by atoms with Crippen molar-refractivity contribution in [1.29, 1.82) is 0 Å². The second kappa shape index (κ2) is 9.88. The third-order valence-electron chi connectivity index (χ3n) is 4.35. The quantitative estimate of drug-likeness (QED) is 0.513. The van der Waals surface area contributed by atoms with Crippen LogP contribution < -0.4 is 10.1 Å². The monoisotopic (exact) mass is 488 g/mol. The number of methoxy groups -OCH3 is 1. The number of benzene rings is 3. The minimum absolute atomic E-state index is 0.0680. The molecule has 0 heterocycles. The summed E-state index contributed by atoms with van der Waals surface area (Å²) in [6.07, 6.45) is 0. The Bertz CT molecular complexity index is 1100. The van der Waals surface area contributed by atoms with Gasteiger partial charge >= 0.3 is 0 Å². The van der Waals surface area contributed by atoms with Gasteiger partial charge in [-0.05, 0) is 42.0 Å². The van der Waals surface area contributed by atoms with Crippen molar-refractivity contribution in [3.8, 4) is 5.75 Å². The van der Waals surface area contributed by atoms with E-state index in [2.05, 4.69) is 21.2 Å². The van der Waals surface area contributed by atoms with E-state index >= 15 is 0 Å². The normalized spacial score (nSPS) is 11.3. The van der Waals surface area contributed by atoms with Crippen molar-refractivity contribution < 1.29 is 17.9 Å². The Balaban J connectivity index is 1.87. The van der Waals surface area contributed by atoms with Crippen LogP contribution in [0.15, 0.2) is 88.2 Å². The van der Waals surface area contributed by atoms with Crippen LogP contribution in [0.3, 0.4) is 0 Å². The SMILES string of the molecule is COc1ccccc1NC(=O)CN(Cc1ccccc1)S(=O)(=O)c1ccc(Br)cc1. The number of carbonyl (C=O) groups is 1. The summed E-state index contributed by atoms with van der Waals surface area (Å²) < 4.78 is 33.7. The zero-order valence-corrected chi connectivity index (χ0v) is 18.7. The molecule has 1 N–H and O–H groups in total. The third kappa shape index (κ3) is 5.47. The second-order valence-corrected chi connectivity index (χ2v) is 9.31. The lowest BCUT2D eigenvalue weighted by molar-refractivity contribution is -0.116. The van der Waals surface area contributed by atoms with Crippen LogP contribution in [0.5, 0.6) is 5.75 Å². The highest BCUT2D eigenvalue weighted by molar-refractivity contribution is 9.10. The van der Waals surface area contributed by atoms with Crippen molar-refractivity contribution in [2.45, 2.75) is 11.4 Å². The Kier molecular flexibility index (Phi) is 7.25. The molecular formula is C22H21BrN2O4S. The standard InChI is InChI=1S/C22H21BrN2O4S/c1-29-21-10-6-5-9-20(21)24-22(26)16-25(15-17-7-3-2-4-8-17)30(27,28)19-13-11-18(23)12-14-19/h2-14H,15-16H2,1H3,(H,24,26). The summed E-state index contributed by atoms with van der Waals surface area (Å²) in [6, 6.07) is 22.4. The van der Waals surface area contributed by atoms with Crippen molar-refractivity contribution in [3.63, 3.8) is 0 Å². The number of hydrogen-bond donors (Lipinski definition) is 1. The molecule has 3 rings (SSSR count). The number of halogens is 1. The summed E-state index contributed by atoms with van der Waals surface area (Å²) in [7, 11) is -2.39. The van der Waals surface area contributed by atoms with E-state index in [1.807, 2.05) is 30.3 Å². The fraction of sp³-hybridized carbons (Fsp3) is 0.136. The molecule has 0 unspecified atom stereocenters. The topological polar surface area (TPSA) is 75.7 Å². The number of hydrogen-bond acceptors (Lipinski definition) is 4. The van der Waals surface area contributed by atoms with Crippen molar-refractivity contribution in [3.05, 3.63) is 88.9 Å². The molecule has 3 aromatic rings. The number of nitrogens with zero attached hydrogens (tertiary/aromatic N) is 1. The van der Waals surface area contributed by atoms with Gasteiger partial charge in [-0.15, -0.1) is 0 Å². The lowest BCUT2D eigenvalue weighted by Gasteiger charge is -2.22. The molecule has 0 aliphatic carbocycles. The summed E-state index contributed by atoms with van der Waals surface area (Å²) in [5.41, 5.74) is 1.26. The van der Waals surface area contributed by atoms with Gasteiger partial charge in [-0.25, -0.2) is 8.42 Å². The largest absolute Gasteiger partial charge is 0.495 e. The van der Waals surface area contributed by atoms with E-state index in [0.29, 0.717) is 11.4 Å². The first-order valence-electron chi connectivity index (χ1n) is 9.12. The molecule has 30 heavy (non-hydrogen) atoms. The minimum Gasteiger partial charge on any atom is -0.495 e. The number of ether oxygens (including phenoxy) is 1. The van der Waals surface area contributed by atoms with Gasteiger partial charge in [0.25, 0.3) is 0 Å². The summed E-state index contributed by atoms with van der Waals surface area (Å²) in [5, 5.41) is 2.73. The zero-order chi connectivity index (χ0) is 21.6. The van der Waals surface area contributed by atoms with E-state index in [9.17, 15) is 13.2 Å². The van der Waals surface area contributed by atoms with E-state index in [0.717, 1.165) is 14.3 Å². The number of nitrogens with one attached hydrogen (secondary N) is 1. The molecule has 0 fully saturated rings. The van der Waals surface area contributed by atoms with Gasteiger partial charge in [0.1, 0.15) is 5.75 Å². The Hall–Kier alpha value is -2.68. The highest BCUT2D eigenvalue weighted by atomic mass is 79.9. The van der Waals surface area contributed by atoms with Crippen molar-refractivity contribution >= 4 is 37.5 Å². The van der Waals surface area contributed by atoms with Gasteiger partial charge in [-0.2, -0.15) is 4.31 Å². The molecule has 0 atom stereocenters. The predicted octanol–water partition coefficient (Wildman–Crippen LogP) is 4.29. The molecule has 0 bridgehead atoms. The Morgan fingerprint density at radius 3 is 2.27 bits per heavy atom. The van der Waals surface area contributed by atoms with E-state index in [1.165, 1.54) is 19.2 Å². The highest BCUT2D eigenvalue weighted by Gasteiger charge is 2.27. The van der Waals surface area contributed by atoms with Gasteiger partial charge in [0.15, 0.2) is 0 Å². The van der Waals surface area contributed by atoms with Crippen LogP contribution in [0.25, 0.3) is 0 Å². The van der Waals surface area contributed by atoms with Gasteiger partial charge in [0.2, 0.25) is 15.9 Å². The van der Waals surface area contributed by atoms with E-state index in [-0.39, 0.29) is 18.0 Å².